The summed E-state index contributed by atoms with van der Waals surface area (Å²) < 4.78 is 1.51. The van der Waals surface area contributed by atoms with Crippen molar-refractivity contribution in [1.82, 2.24) is 9.78 Å². The van der Waals surface area contributed by atoms with Gasteiger partial charge in [0.2, 0.25) is 0 Å². The van der Waals surface area contributed by atoms with Crippen molar-refractivity contribution in [3.8, 4) is 0 Å². The van der Waals surface area contributed by atoms with Crippen LogP contribution in [0.5, 0.6) is 0 Å². The van der Waals surface area contributed by atoms with Gasteiger partial charge in [-0.1, -0.05) is 23.7 Å². The Balaban J connectivity index is 2.81. The molecule has 0 aliphatic heterocycles. The molecule has 0 aliphatic carbocycles. The first-order chi connectivity index (χ1) is 7.65. The summed E-state index contributed by atoms with van der Waals surface area (Å²) in [5.74, 6) is -0.220. The normalized spacial score (nSPS) is 10.6. The zero-order chi connectivity index (χ0) is 11.7. The van der Waals surface area contributed by atoms with Crippen molar-refractivity contribution < 1.29 is 4.92 Å². The van der Waals surface area contributed by atoms with Crippen molar-refractivity contribution in [2.45, 2.75) is 6.54 Å². The number of hydrogen-bond acceptors (Lipinski definition) is 3. The fourth-order valence-corrected chi connectivity index (χ4v) is 1.81. The second-order valence-electron chi connectivity index (χ2n) is 3.19. The maximum Gasteiger partial charge on any atom is 0.399 e. The van der Waals surface area contributed by atoms with Crippen LogP contribution in [0, 0.1) is 10.1 Å². The van der Waals surface area contributed by atoms with Gasteiger partial charge in [0.25, 0.3) is 0 Å². The molecular formula is C10H8ClN3O2. The summed E-state index contributed by atoms with van der Waals surface area (Å²) in [4.78, 5) is 10.3. The fraction of sp³-hybridized carbons (Fsp3) is 0.100. The van der Waals surface area contributed by atoms with E-state index >= 15 is 0 Å². The molecule has 0 bridgehead atoms. The highest BCUT2D eigenvalue weighted by Gasteiger charge is 2.22. The number of halogens is 1. The number of fused-ring (bicyclic) bond motifs is 1. The number of rotatable bonds is 3. The highest BCUT2D eigenvalue weighted by molar-refractivity contribution is 6.36. The molecule has 6 heteroatoms. The summed E-state index contributed by atoms with van der Waals surface area (Å²) in [6.07, 6.45) is 1.62. The maximum atomic E-state index is 10.8. The van der Waals surface area contributed by atoms with E-state index in [1.807, 2.05) is 0 Å². The summed E-state index contributed by atoms with van der Waals surface area (Å²) >= 11 is 5.94. The Labute approximate surface area is 96.1 Å². The third kappa shape index (κ3) is 1.55. The van der Waals surface area contributed by atoms with Gasteiger partial charge in [-0.25, -0.2) is 0 Å². The standard InChI is InChI=1S/C10H8ClN3O2/c1-2-6-13-8-5-3-4-7(11)9(8)10(12-13)14(15)16/h2-5H,1,6H2. The number of allylic oxidation sites excluding steroid dienone is 1. The second kappa shape index (κ2) is 3.94. The summed E-state index contributed by atoms with van der Waals surface area (Å²) in [6.45, 7) is 3.98. The summed E-state index contributed by atoms with van der Waals surface area (Å²) in [6, 6.07) is 5.08. The lowest BCUT2D eigenvalue weighted by Gasteiger charge is -1.94. The van der Waals surface area contributed by atoms with Gasteiger partial charge in [0.05, 0.1) is 22.2 Å². The summed E-state index contributed by atoms with van der Waals surface area (Å²) in [5.41, 5.74) is 0.638. The Morgan fingerprint density at radius 1 is 1.62 bits per heavy atom. The lowest BCUT2D eigenvalue weighted by molar-refractivity contribution is -0.388. The molecule has 0 amide bonds. The smallest absolute Gasteiger partial charge is 0.358 e. The van der Waals surface area contributed by atoms with Crippen LogP contribution in [0.4, 0.5) is 5.82 Å². The Kier molecular flexibility index (Phi) is 2.62. The van der Waals surface area contributed by atoms with Crippen LogP contribution >= 0.6 is 11.6 Å². The molecule has 1 heterocycles. The van der Waals surface area contributed by atoms with Gasteiger partial charge in [0, 0.05) is 0 Å². The molecule has 0 spiro atoms. The highest BCUT2D eigenvalue weighted by Crippen LogP contribution is 2.31. The van der Waals surface area contributed by atoms with Crippen molar-refractivity contribution in [3.63, 3.8) is 0 Å². The first kappa shape index (κ1) is 10.6. The number of nitro groups is 1. The lowest BCUT2D eigenvalue weighted by Crippen LogP contribution is -1.97. The number of nitrogens with zero attached hydrogens (tertiary/aromatic N) is 3. The zero-order valence-electron chi connectivity index (χ0n) is 8.26. The third-order valence-corrected chi connectivity index (χ3v) is 2.50. The van der Waals surface area contributed by atoms with Crippen LogP contribution in [-0.4, -0.2) is 14.7 Å². The predicted octanol–water partition coefficient (Wildman–Crippen LogP) is 2.78. The van der Waals surface area contributed by atoms with E-state index in [4.69, 9.17) is 11.6 Å². The summed E-state index contributed by atoms with van der Waals surface area (Å²) in [5, 5.41) is 15.4. The second-order valence-corrected chi connectivity index (χ2v) is 3.59. The monoisotopic (exact) mass is 237 g/mol. The van der Waals surface area contributed by atoms with Crippen LogP contribution in [0.15, 0.2) is 30.9 Å². The SMILES string of the molecule is C=CCn1nc([N+](=O)[O-])c2c(Cl)cccc21. The van der Waals surface area contributed by atoms with Crippen molar-refractivity contribution in [1.29, 1.82) is 0 Å². The maximum absolute atomic E-state index is 10.8. The molecule has 1 aromatic heterocycles. The Hall–Kier alpha value is -1.88. The molecule has 0 saturated carbocycles. The molecule has 0 saturated heterocycles. The van der Waals surface area contributed by atoms with E-state index in [9.17, 15) is 10.1 Å². The molecule has 0 radical (unpaired) electrons. The Morgan fingerprint density at radius 3 is 3.00 bits per heavy atom. The van der Waals surface area contributed by atoms with Crippen LogP contribution in [0.1, 0.15) is 0 Å². The highest BCUT2D eigenvalue weighted by atomic mass is 35.5. The van der Waals surface area contributed by atoms with Gasteiger partial charge in [-0.2, -0.15) is 4.68 Å². The largest absolute Gasteiger partial charge is 0.399 e. The van der Waals surface area contributed by atoms with Crippen molar-refractivity contribution in [3.05, 3.63) is 46.0 Å². The molecule has 2 rings (SSSR count). The van der Waals surface area contributed by atoms with Gasteiger partial charge in [-0.15, -0.1) is 6.58 Å². The first-order valence-electron chi connectivity index (χ1n) is 4.55. The average molecular weight is 238 g/mol. The van der Waals surface area contributed by atoms with E-state index in [0.717, 1.165) is 0 Å². The molecule has 82 valence electrons. The molecule has 0 unspecified atom stereocenters. The number of hydrogen-bond donors (Lipinski definition) is 0. The van der Waals surface area contributed by atoms with Crippen molar-refractivity contribution in [2.24, 2.45) is 0 Å². The van der Waals surface area contributed by atoms with Gasteiger partial charge < -0.3 is 10.1 Å². The third-order valence-electron chi connectivity index (χ3n) is 2.18. The predicted molar refractivity (Wildman–Crippen MR) is 61.6 cm³/mol. The molecular weight excluding hydrogens is 230 g/mol. The van der Waals surface area contributed by atoms with E-state index in [1.165, 1.54) is 4.68 Å². The minimum absolute atomic E-state index is 0.220. The fourth-order valence-electron chi connectivity index (χ4n) is 1.56. The van der Waals surface area contributed by atoms with Gasteiger partial charge in [-0.3, -0.25) is 0 Å². The van der Waals surface area contributed by atoms with Gasteiger partial charge in [0.1, 0.15) is 5.39 Å². The minimum atomic E-state index is -0.534. The molecule has 2 aromatic rings. The Morgan fingerprint density at radius 2 is 2.38 bits per heavy atom. The molecule has 1 aromatic carbocycles. The minimum Gasteiger partial charge on any atom is -0.358 e. The van der Waals surface area contributed by atoms with Crippen LogP contribution in [0.2, 0.25) is 5.02 Å². The average Bonchev–Trinajstić information content (AvgIpc) is 2.60. The number of benzene rings is 1. The van der Waals surface area contributed by atoms with Crippen LogP contribution in [0.3, 0.4) is 0 Å². The van der Waals surface area contributed by atoms with E-state index in [-0.39, 0.29) is 5.82 Å². The topological polar surface area (TPSA) is 61.0 Å². The quantitative estimate of drug-likeness (QED) is 0.468. The lowest BCUT2D eigenvalue weighted by atomic mass is 10.2. The zero-order valence-corrected chi connectivity index (χ0v) is 9.02. The van der Waals surface area contributed by atoms with Gasteiger partial charge in [0.15, 0.2) is 0 Å². The van der Waals surface area contributed by atoms with Crippen LogP contribution in [-0.2, 0) is 6.54 Å². The van der Waals surface area contributed by atoms with Crippen molar-refractivity contribution >= 4 is 28.3 Å². The van der Waals surface area contributed by atoms with E-state index in [1.54, 1.807) is 24.3 Å². The van der Waals surface area contributed by atoms with Gasteiger partial charge >= 0.3 is 5.82 Å². The van der Waals surface area contributed by atoms with E-state index < -0.39 is 4.92 Å². The van der Waals surface area contributed by atoms with Gasteiger partial charge in [-0.05, 0) is 17.1 Å². The Bertz CT molecular complexity index is 577. The van der Waals surface area contributed by atoms with Crippen LogP contribution < -0.4 is 0 Å². The first-order valence-corrected chi connectivity index (χ1v) is 4.93. The summed E-state index contributed by atoms with van der Waals surface area (Å²) in [7, 11) is 0. The molecule has 5 nitrogen and oxygen atoms in total. The molecule has 16 heavy (non-hydrogen) atoms. The van der Waals surface area contributed by atoms with Crippen LogP contribution in [0.25, 0.3) is 10.9 Å². The molecule has 0 aliphatic rings. The molecule has 0 atom stereocenters. The van der Waals surface area contributed by atoms with Crippen molar-refractivity contribution in [2.75, 3.05) is 0 Å². The molecule has 0 N–H and O–H groups in total. The number of aromatic nitrogens is 2. The van der Waals surface area contributed by atoms with E-state index in [0.29, 0.717) is 22.5 Å². The molecule has 0 fully saturated rings. The van der Waals surface area contributed by atoms with E-state index in [2.05, 4.69) is 11.7 Å².